The molecular formula is C24H39N5O2. The lowest BCUT2D eigenvalue weighted by Crippen LogP contribution is -2.56. The second-order valence-corrected chi connectivity index (χ2v) is 9.01. The summed E-state index contributed by atoms with van der Waals surface area (Å²) < 4.78 is 5.48. The van der Waals surface area contributed by atoms with Crippen LogP contribution in [-0.2, 0) is 11.3 Å². The summed E-state index contributed by atoms with van der Waals surface area (Å²) in [6.07, 6.45) is 3.45. The van der Waals surface area contributed by atoms with Crippen LogP contribution < -0.4 is 10.6 Å². The minimum absolute atomic E-state index is 0.0242. The fourth-order valence-electron chi connectivity index (χ4n) is 4.12. The average molecular weight is 430 g/mol. The lowest BCUT2D eigenvalue weighted by Gasteiger charge is -2.41. The van der Waals surface area contributed by atoms with E-state index in [-0.39, 0.29) is 11.4 Å². The molecule has 31 heavy (non-hydrogen) atoms. The third-order valence-electron chi connectivity index (χ3n) is 6.16. The minimum atomic E-state index is 0.0242. The highest BCUT2D eigenvalue weighted by Crippen LogP contribution is 2.16. The van der Waals surface area contributed by atoms with Crippen LogP contribution in [0.15, 0.2) is 29.3 Å². The van der Waals surface area contributed by atoms with Gasteiger partial charge >= 0.3 is 0 Å². The quantitative estimate of drug-likeness (QED) is 0.515. The van der Waals surface area contributed by atoms with Crippen molar-refractivity contribution in [2.75, 3.05) is 52.5 Å². The number of likely N-dealkylation sites (tertiary alicyclic amines) is 1. The summed E-state index contributed by atoms with van der Waals surface area (Å²) in [5.74, 6) is 0.965. The van der Waals surface area contributed by atoms with Crippen LogP contribution in [-0.4, -0.2) is 79.7 Å². The summed E-state index contributed by atoms with van der Waals surface area (Å²) in [5, 5.41) is 6.83. The third-order valence-corrected chi connectivity index (χ3v) is 6.16. The summed E-state index contributed by atoms with van der Waals surface area (Å²) in [6.45, 7) is 14.1. The van der Waals surface area contributed by atoms with Crippen LogP contribution >= 0.6 is 0 Å². The molecule has 2 aliphatic heterocycles. The number of guanidine groups is 1. The number of nitrogens with one attached hydrogen (secondary N) is 2. The van der Waals surface area contributed by atoms with E-state index in [1.807, 2.05) is 29.2 Å². The first kappa shape index (κ1) is 23.5. The van der Waals surface area contributed by atoms with E-state index in [4.69, 9.17) is 9.73 Å². The molecular weight excluding hydrogens is 390 g/mol. The molecule has 7 heteroatoms. The number of amides is 1. The van der Waals surface area contributed by atoms with E-state index in [1.165, 1.54) is 6.42 Å². The zero-order valence-electron chi connectivity index (χ0n) is 19.5. The first-order valence-corrected chi connectivity index (χ1v) is 11.7. The van der Waals surface area contributed by atoms with Crippen LogP contribution in [0.1, 0.15) is 56.0 Å². The molecule has 3 rings (SSSR count). The van der Waals surface area contributed by atoms with Crippen LogP contribution in [0.4, 0.5) is 0 Å². The van der Waals surface area contributed by atoms with Crippen LogP contribution in [0.5, 0.6) is 0 Å². The number of rotatable bonds is 7. The molecule has 0 unspecified atom stereocenters. The molecule has 0 saturated carbocycles. The van der Waals surface area contributed by atoms with Crippen molar-refractivity contribution < 1.29 is 9.53 Å². The SMILES string of the molecule is CCNC(=NCc1ccc(C(=O)N2CCCCC2)cc1)NCC(C)(C)N1CCOCC1. The summed E-state index contributed by atoms with van der Waals surface area (Å²) in [7, 11) is 0. The molecule has 2 aliphatic rings. The number of hydrogen-bond acceptors (Lipinski definition) is 4. The molecule has 0 aliphatic carbocycles. The Balaban J connectivity index is 1.55. The first-order chi connectivity index (χ1) is 15.0. The standard InChI is InChI=1S/C24H39N5O2/c1-4-25-23(27-19-24(2,3)29-14-16-31-17-15-29)26-18-20-8-10-21(11-9-20)22(30)28-12-6-5-7-13-28/h8-11H,4-7,12-19H2,1-3H3,(H2,25,26,27). The van der Waals surface area contributed by atoms with Gasteiger partial charge in [-0.3, -0.25) is 9.69 Å². The summed E-state index contributed by atoms with van der Waals surface area (Å²) in [5.41, 5.74) is 1.89. The predicted octanol–water partition coefficient (Wildman–Crippen LogP) is 2.48. The Hall–Kier alpha value is -2.12. The summed E-state index contributed by atoms with van der Waals surface area (Å²) in [4.78, 5) is 21.8. The maximum absolute atomic E-state index is 12.6. The van der Waals surface area contributed by atoms with Crippen molar-refractivity contribution in [1.82, 2.24) is 20.4 Å². The van der Waals surface area contributed by atoms with Crippen molar-refractivity contribution in [1.29, 1.82) is 0 Å². The van der Waals surface area contributed by atoms with Gasteiger partial charge < -0.3 is 20.3 Å². The number of carbonyl (C=O) groups excluding carboxylic acids is 1. The topological polar surface area (TPSA) is 69.2 Å². The number of nitrogens with zero attached hydrogens (tertiary/aromatic N) is 3. The van der Waals surface area contributed by atoms with E-state index in [0.717, 1.165) is 82.4 Å². The molecule has 172 valence electrons. The molecule has 2 fully saturated rings. The van der Waals surface area contributed by atoms with Gasteiger partial charge in [0.2, 0.25) is 0 Å². The number of benzene rings is 1. The van der Waals surface area contributed by atoms with E-state index in [0.29, 0.717) is 6.54 Å². The van der Waals surface area contributed by atoms with Gasteiger partial charge in [-0.2, -0.15) is 0 Å². The highest BCUT2D eigenvalue weighted by Gasteiger charge is 2.28. The van der Waals surface area contributed by atoms with Gasteiger partial charge in [-0.25, -0.2) is 4.99 Å². The number of carbonyl (C=O) groups is 1. The number of morpholine rings is 1. The van der Waals surface area contributed by atoms with E-state index in [1.54, 1.807) is 0 Å². The molecule has 1 amide bonds. The van der Waals surface area contributed by atoms with E-state index < -0.39 is 0 Å². The van der Waals surface area contributed by atoms with Gasteiger partial charge in [0.05, 0.1) is 19.8 Å². The van der Waals surface area contributed by atoms with Crippen molar-refractivity contribution >= 4 is 11.9 Å². The lowest BCUT2D eigenvalue weighted by atomic mass is 10.0. The second-order valence-electron chi connectivity index (χ2n) is 9.01. The van der Waals surface area contributed by atoms with Crippen LogP contribution in [0.25, 0.3) is 0 Å². The molecule has 1 aromatic rings. The van der Waals surface area contributed by atoms with Crippen molar-refractivity contribution in [3.05, 3.63) is 35.4 Å². The molecule has 0 atom stereocenters. The van der Waals surface area contributed by atoms with Gasteiger partial charge in [0.1, 0.15) is 0 Å². The lowest BCUT2D eigenvalue weighted by molar-refractivity contribution is -0.00834. The van der Waals surface area contributed by atoms with Crippen molar-refractivity contribution in [3.63, 3.8) is 0 Å². The Bertz CT molecular complexity index is 720. The van der Waals surface area contributed by atoms with Crippen LogP contribution in [0.2, 0.25) is 0 Å². The zero-order valence-corrected chi connectivity index (χ0v) is 19.5. The Morgan fingerprint density at radius 2 is 1.71 bits per heavy atom. The fraction of sp³-hybridized carbons (Fsp3) is 0.667. The maximum Gasteiger partial charge on any atom is 0.253 e. The van der Waals surface area contributed by atoms with Crippen molar-refractivity contribution in [2.24, 2.45) is 4.99 Å². The first-order valence-electron chi connectivity index (χ1n) is 11.7. The molecule has 0 aromatic heterocycles. The maximum atomic E-state index is 12.6. The van der Waals surface area contributed by atoms with E-state index >= 15 is 0 Å². The largest absolute Gasteiger partial charge is 0.379 e. The van der Waals surface area contributed by atoms with Gasteiger partial charge in [0.25, 0.3) is 5.91 Å². The summed E-state index contributed by atoms with van der Waals surface area (Å²) in [6, 6.07) is 7.90. The monoisotopic (exact) mass is 429 g/mol. The molecule has 0 bridgehead atoms. The molecule has 0 radical (unpaired) electrons. The molecule has 1 aromatic carbocycles. The number of hydrogen-bond donors (Lipinski definition) is 2. The van der Waals surface area contributed by atoms with Gasteiger partial charge in [-0.05, 0) is 57.7 Å². The van der Waals surface area contributed by atoms with Gasteiger partial charge in [-0.15, -0.1) is 0 Å². The van der Waals surface area contributed by atoms with Crippen molar-refractivity contribution in [2.45, 2.75) is 52.1 Å². The Morgan fingerprint density at radius 1 is 1.03 bits per heavy atom. The highest BCUT2D eigenvalue weighted by atomic mass is 16.5. The van der Waals surface area contributed by atoms with Crippen molar-refractivity contribution in [3.8, 4) is 0 Å². The van der Waals surface area contributed by atoms with Gasteiger partial charge in [-0.1, -0.05) is 12.1 Å². The number of aliphatic imine (C=N–C) groups is 1. The van der Waals surface area contributed by atoms with Crippen LogP contribution in [0.3, 0.4) is 0 Å². The molecule has 0 spiro atoms. The zero-order chi connectivity index (χ0) is 22.1. The number of piperidine rings is 1. The Kier molecular flexibility index (Phi) is 8.72. The second kappa shape index (κ2) is 11.5. The highest BCUT2D eigenvalue weighted by molar-refractivity contribution is 5.94. The average Bonchev–Trinajstić information content (AvgIpc) is 2.82. The van der Waals surface area contributed by atoms with Gasteiger partial charge in [0.15, 0.2) is 5.96 Å². The smallest absolute Gasteiger partial charge is 0.253 e. The Labute approximate surface area is 187 Å². The minimum Gasteiger partial charge on any atom is -0.379 e. The molecule has 2 N–H and O–H groups in total. The van der Waals surface area contributed by atoms with E-state index in [9.17, 15) is 4.79 Å². The molecule has 2 heterocycles. The number of ether oxygens (including phenoxy) is 1. The molecule has 7 nitrogen and oxygen atoms in total. The fourth-order valence-corrected chi connectivity index (χ4v) is 4.12. The summed E-state index contributed by atoms with van der Waals surface area (Å²) >= 11 is 0. The van der Waals surface area contributed by atoms with Gasteiger partial charge in [0, 0.05) is 50.4 Å². The van der Waals surface area contributed by atoms with E-state index in [2.05, 4.69) is 36.3 Å². The normalized spacial score (nSPS) is 18.7. The Morgan fingerprint density at radius 3 is 2.35 bits per heavy atom. The predicted molar refractivity (Wildman–Crippen MR) is 125 cm³/mol. The third kappa shape index (κ3) is 6.94. The molecule has 2 saturated heterocycles. The van der Waals surface area contributed by atoms with Crippen LogP contribution in [0, 0.1) is 0 Å².